The van der Waals surface area contributed by atoms with Gasteiger partial charge >= 0.3 is 0 Å². The molecule has 0 fully saturated rings. The van der Waals surface area contributed by atoms with Crippen molar-refractivity contribution in [2.45, 2.75) is 13.0 Å². The topological polar surface area (TPSA) is 17.8 Å². The molecule has 0 spiro atoms. The van der Waals surface area contributed by atoms with E-state index in [0.717, 1.165) is 34.3 Å². The number of aryl methyl sites for hydroxylation is 1. The van der Waals surface area contributed by atoms with Crippen LogP contribution in [0.25, 0.3) is 11.0 Å². The molecule has 3 aromatic rings. The van der Waals surface area contributed by atoms with Crippen molar-refractivity contribution < 1.29 is 0 Å². The highest BCUT2D eigenvalue weighted by Gasteiger charge is 2.11. The van der Waals surface area contributed by atoms with Gasteiger partial charge in [-0.25, -0.2) is 4.98 Å². The third kappa shape index (κ3) is 2.74. The smallest absolute Gasteiger partial charge is 0.111 e. The Kier molecular flexibility index (Phi) is 4.08. The second kappa shape index (κ2) is 5.98. The molecule has 0 saturated heterocycles. The number of nitrogens with zero attached hydrogens (tertiary/aromatic N) is 2. The van der Waals surface area contributed by atoms with Gasteiger partial charge in [0.2, 0.25) is 0 Å². The summed E-state index contributed by atoms with van der Waals surface area (Å²) in [7, 11) is 0. The van der Waals surface area contributed by atoms with Crippen molar-refractivity contribution in [1.29, 1.82) is 0 Å². The summed E-state index contributed by atoms with van der Waals surface area (Å²) in [6.45, 7) is 0.819. The van der Waals surface area contributed by atoms with Crippen LogP contribution in [0, 0.1) is 0 Å². The number of aromatic nitrogens is 2. The van der Waals surface area contributed by atoms with Gasteiger partial charge < -0.3 is 4.57 Å². The van der Waals surface area contributed by atoms with Crippen LogP contribution in [0.5, 0.6) is 0 Å². The van der Waals surface area contributed by atoms with Gasteiger partial charge in [-0.3, -0.25) is 0 Å². The first-order chi connectivity index (χ1) is 9.78. The van der Waals surface area contributed by atoms with E-state index in [1.54, 1.807) is 0 Å². The van der Waals surface area contributed by atoms with Gasteiger partial charge in [0.1, 0.15) is 5.82 Å². The molecular weight excluding hydrogens is 336 g/mol. The predicted molar refractivity (Wildman–Crippen MR) is 87.4 cm³/mol. The molecule has 2 aromatic carbocycles. The zero-order valence-electron chi connectivity index (χ0n) is 10.9. The Bertz CT molecular complexity index is 722. The van der Waals surface area contributed by atoms with Gasteiger partial charge in [0.05, 0.1) is 11.0 Å². The van der Waals surface area contributed by atoms with E-state index in [-0.39, 0.29) is 0 Å². The fraction of sp³-hybridized carbons (Fsp3) is 0.188. The SMILES string of the molecule is ClCCc1nc2ccc(Br)cc2n1Cc1ccccc1. The van der Waals surface area contributed by atoms with Gasteiger partial charge in [-0.05, 0) is 23.8 Å². The number of benzene rings is 2. The van der Waals surface area contributed by atoms with E-state index in [1.807, 2.05) is 18.2 Å². The van der Waals surface area contributed by atoms with Gasteiger partial charge in [-0.2, -0.15) is 0 Å². The molecule has 0 amide bonds. The van der Waals surface area contributed by atoms with Gasteiger partial charge in [-0.15, -0.1) is 11.6 Å². The van der Waals surface area contributed by atoms with Crippen LogP contribution in [0.2, 0.25) is 0 Å². The van der Waals surface area contributed by atoms with E-state index in [9.17, 15) is 0 Å². The largest absolute Gasteiger partial charge is 0.323 e. The molecule has 0 bridgehead atoms. The lowest BCUT2D eigenvalue weighted by atomic mass is 10.2. The Labute approximate surface area is 131 Å². The minimum atomic E-state index is 0.583. The number of hydrogen-bond donors (Lipinski definition) is 0. The molecular formula is C16H14BrClN2. The molecule has 102 valence electrons. The first-order valence-corrected chi connectivity index (χ1v) is 7.85. The molecule has 0 aliphatic heterocycles. The predicted octanol–water partition coefficient (Wildman–Crippen LogP) is 4.63. The molecule has 0 atom stereocenters. The van der Waals surface area contributed by atoms with Crippen LogP contribution in [0.4, 0.5) is 0 Å². The highest BCUT2D eigenvalue weighted by molar-refractivity contribution is 9.10. The molecule has 0 saturated carbocycles. The van der Waals surface area contributed by atoms with Crippen LogP contribution in [0.3, 0.4) is 0 Å². The van der Waals surface area contributed by atoms with Crippen LogP contribution in [-0.4, -0.2) is 15.4 Å². The van der Waals surface area contributed by atoms with Gasteiger partial charge in [0.25, 0.3) is 0 Å². The fourth-order valence-corrected chi connectivity index (χ4v) is 2.88. The summed E-state index contributed by atoms with van der Waals surface area (Å²) in [5.74, 6) is 1.62. The van der Waals surface area contributed by atoms with E-state index in [0.29, 0.717) is 5.88 Å². The standard InChI is InChI=1S/C16H14BrClN2/c17-13-6-7-14-15(10-13)20(16(19-14)8-9-18)11-12-4-2-1-3-5-12/h1-7,10H,8-9,11H2. The van der Waals surface area contributed by atoms with Crippen molar-refractivity contribution in [2.24, 2.45) is 0 Å². The number of alkyl halides is 1. The lowest BCUT2D eigenvalue weighted by molar-refractivity contribution is 0.754. The maximum absolute atomic E-state index is 5.91. The zero-order valence-corrected chi connectivity index (χ0v) is 13.2. The summed E-state index contributed by atoms with van der Waals surface area (Å²) in [6.07, 6.45) is 0.778. The molecule has 1 heterocycles. The van der Waals surface area contributed by atoms with Crippen molar-refractivity contribution >= 4 is 38.6 Å². The molecule has 1 aromatic heterocycles. The lowest BCUT2D eigenvalue weighted by Gasteiger charge is -2.09. The average Bonchev–Trinajstić information content (AvgIpc) is 2.78. The normalized spacial score (nSPS) is 11.1. The van der Waals surface area contributed by atoms with Crippen LogP contribution < -0.4 is 0 Å². The van der Waals surface area contributed by atoms with Gasteiger partial charge in [0.15, 0.2) is 0 Å². The first-order valence-electron chi connectivity index (χ1n) is 6.52. The third-order valence-electron chi connectivity index (χ3n) is 3.29. The van der Waals surface area contributed by atoms with Gasteiger partial charge in [0, 0.05) is 23.3 Å². The van der Waals surface area contributed by atoms with Crippen LogP contribution in [0.15, 0.2) is 53.0 Å². The molecule has 0 aliphatic rings. The maximum atomic E-state index is 5.91. The summed E-state index contributed by atoms with van der Waals surface area (Å²) in [5, 5.41) is 0. The zero-order chi connectivity index (χ0) is 13.9. The number of rotatable bonds is 4. The number of imidazole rings is 1. The van der Waals surface area contributed by atoms with Crippen molar-refractivity contribution in [3.63, 3.8) is 0 Å². The number of fused-ring (bicyclic) bond motifs is 1. The molecule has 0 unspecified atom stereocenters. The van der Waals surface area contributed by atoms with E-state index >= 15 is 0 Å². The second-order valence-electron chi connectivity index (χ2n) is 4.67. The molecule has 3 rings (SSSR count). The van der Waals surface area contributed by atoms with Crippen LogP contribution >= 0.6 is 27.5 Å². The summed E-state index contributed by atoms with van der Waals surface area (Å²) < 4.78 is 3.31. The number of halogens is 2. The van der Waals surface area contributed by atoms with Crippen molar-refractivity contribution in [3.8, 4) is 0 Å². The summed E-state index contributed by atoms with van der Waals surface area (Å²) >= 11 is 9.44. The highest BCUT2D eigenvalue weighted by Crippen LogP contribution is 2.22. The average molecular weight is 350 g/mol. The van der Waals surface area contributed by atoms with E-state index < -0.39 is 0 Å². The Morgan fingerprint density at radius 2 is 1.90 bits per heavy atom. The Morgan fingerprint density at radius 1 is 1.10 bits per heavy atom. The Morgan fingerprint density at radius 3 is 2.65 bits per heavy atom. The molecule has 2 nitrogen and oxygen atoms in total. The minimum absolute atomic E-state index is 0.583. The second-order valence-corrected chi connectivity index (χ2v) is 5.97. The quantitative estimate of drug-likeness (QED) is 0.628. The summed E-state index contributed by atoms with van der Waals surface area (Å²) in [6, 6.07) is 16.6. The van der Waals surface area contributed by atoms with E-state index in [2.05, 4.69) is 50.8 Å². The third-order valence-corrected chi connectivity index (χ3v) is 3.97. The molecule has 0 radical (unpaired) electrons. The Balaban J connectivity index is 2.10. The van der Waals surface area contributed by atoms with Gasteiger partial charge in [-0.1, -0.05) is 46.3 Å². The molecule has 4 heteroatoms. The first kappa shape index (κ1) is 13.7. The number of hydrogen-bond acceptors (Lipinski definition) is 1. The van der Waals surface area contributed by atoms with Crippen LogP contribution in [-0.2, 0) is 13.0 Å². The molecule has 20 heavy (non-hydrogen) atoms. The minimum Gasteiger partial charge on any atom is -0.323 e. The summed E-state index contributed by atoms with van der Waals surface area (Å²) in [5.41, 5.74) is 3.43. The fourth-order valence-electron chi connectivity index (χ4n) is 2.36. The van der Waals surface area contributed by atoms with E-state index in [1.165, 1.54) is 5.56 Å². The molecule has 0 N–H and O–H groups in total. The van der Waals surface area contributed by atoms with Crippen LogP contribution in [0.1, 0.15) is 11.4 Å². The maximum Gasteiger partial charge on any atom is 0.111 e. The van der Waals surface area contributed by atoms with Crippen molar-refractivity contribution in [3.05, 3.63) is 64.4 Å². The summed E-state index contributed by atoms with van der Waals surface area (Å²) in [4.78, 5) is 4.70. The Hall–Kier alpha value is -1.32. The van der Waals surface area contributed by atoms with Crippen molar-refractivity contribution in [2.75, 3.05) is 5.88 Å². The molecule has 0 aliphatic carbocycles. The monoisotopic (exact) mass is 348 g/mol. The van der Waals surface area contributed by atoms with E-state index in [4.69, 9.17) is 16.6 Å². The van der Waals surface area contributed by atoms with Crippen molar-refractivity contribution in [1.82, 2.24) is 9.55 Å². The highest BCUT2D eigenvalue weighted by atomic mass is 79.9. The lowest BCUT2D eigenvalue weighted by Crippen LogP contribution is -2.05.